The zero-order valence-corrected chi connectivity index (χ0v) is 9.73. The second kappa shape index (κ2) is 6.80. The Morgan fingerprint density at radius 3 is 2.88 bits per heavy atom. The van der Waals surface area contributed by atoms with E-state index in [0.29, 0.717) is 26.1 Å². The van der Waals surface area contributed by atoms with E-state index < -0.39 is 6.10 Å². The molecule has 6 nitrogen and oxygen atoms in total. The van der Waals surface area contributed by atoms with Crippen LogP contribution in [0, 0.1) is 0 Å². The second-order valence-corrected chi connectivity index (χ2v) is 3.91. The van der Waals surface area contributed by atoms with Gasteiger partial charge in [0.25, 0.3) is 0 Å². The van der Waals surface area contributed by atoms with Gasteiger partial charge in [-0.3, -0.25) is 4.79 Å². The van der Waals surface area contributed by atoms with Crippen LogP contribution < -0.4 is 10.6 Å². The number of ether oxygens (including phenoxy) is 2. The molecule has 1 rings (SSSR count). The molecule has 1 heterocycles. The number of hydrogen-bond donors (Lipinski definition) is 3. The Morgan fingerprint density at radius 1 is 1.62 bits per heavy atom. The topological polar surface area (TPSA) is 79.8 Å². The summed E-state index contributed by atoms with van der Waals surface area (Å²) in [5.41, 5.74) is 0. The van der Waals surface area contributed by atoms with Gasteiger partial charge in [-0.15, -0.1) is 0 Å². The molecular weight excluding hydrogens is 212 g/mol. The Kier molecular flexibility index (Phi) is 5.68. The van der Waals surface area contributed by atoms with Crippen LogP contribution in [0.4, 0.5) is 0 Å². The second-order valence-electron chi connectivity index (χ2n) is 3.91. The van der Waals surface area contributed by atoms with Crippen LogP contribution in [0.25, 0.3) is 0 Å². The van der Waals surface area contributed by atoms with Gasteiger partial charge in [0.05, 0.1) is 24.9 Å². The summed E-state index contributed by atoms with van der Waals surface area (Å²) in [6, 6.07) is -0.296. The van der Waals surface area contributed by atoms with Crippen molar-refractivity contribution in [2.24, 2.45) is 0 Å². The molecule has 0 aromatic rings. The van der Waals surface area contributed by atoms with Crippen molar-refractivity contribution in [1.29, 1.82) is 0 Å². The van der Waals surface area contributed by atoms with Gasteiger partial charge in [0.15, 0.2) is 0 Å². The van der Waals surface area contributed by atoms with E-state index in [0.717, 1.165) is 0 Å². The van der Waals surface area contributed by atoms with Crippen LogP contribution in [0.2, 0.25) is 0 Å². The van der Waals surface area contributed by atoms with Crippen molar-refractivity contribution in [3.63, 3.8) is 0 Å². The molecule has 0 aromatic carbocycles. The molecule has 16 heavy (non-hydrogen) atoms. The smallest absolute Gasteiger partial charge is 0.237 e. The number of amides is 1. The zero-order valence-electron chi connectivity index (χ0n) is 9.73. The predicted molar refractivity (Wildman–Crippen MR) is 58.1 cm³/mol. The van der Waals surface area contributed by atoms with Gasteiger partial charge in [0.2, 0.25) is 5.91 Å². The molecule has 0 radical (unpaired) electrons. The van der Waals surface area contributed by atoms with Crippen LogP contribution >= 0.6 is 0 Å². The van der Waals surface area contributed by atoms with Crippen LogP contribution in [0.5, 0.6) is 0 Å². The number of carbonyl (C=O) groups is 1. The fourth-order valence-corrected chi connectivity index (χ4v) is 1.65. The molecule has 94 valence electrons. The van der Waals surface area contributed by atoms with Gasteiger partial charge in [0.1, 0.15) is 0 Å². The highest BCUT2D eigenvalue weighted by molar-refractivity contribution is 5.82. The Morgan fingerprint density at radius 2 is 2.38 bits per heavy atom. The SMILES string of the molecule is COCC(CNC(=O)C1CC(O)CN1)OC. The van der Waals surface area contributed by atoms with Gasteiger partial charge in [-0.25, -0.2) is 0 Å². The average Bonchev–Trinajstić information content (AvgIpc) is 2.70. The van der Waals surface area contributed by atoms with Crippen LogP contribution in [-0.2, 0) is 14.3 Å². The fraction of sp³-hybridized carbons (Fsp3) is 0.900. The summed E-state index contributed by atoms with van der Waals surface area (Å²) in [6.07, 6.45) is -0.0958. The van der Waals surface area contributed by atoms with E-state index in [1.165, 1.54) is 0 Å². The highest BCUT2D eigenvalue weighted by Crippen LogP contribution is 2.05. The number of nitrogens with one attached hydrogen (secondary N) is 2. The maximum atomic E-state index is 11.6. The van der Waals surface area contributed by atoms with Gasteiger partial charge < -0.3 is 25.2 Å². The fourth-order valence-electron chi connectivity index (χ4n) is 1.65. The largest absolute Gasteiger partial charge is 0.392 e. The number of methoxy groups -OCH3 is 2. The first-order chi connectivity index (χ1) is 7.67. The van der Waals surface area contributed by atoms with Crippen molar-refractivity contribution in [2.45, 2.75) is 24.7 Å². The van der Waals surface area contributed by atoms with Gasteiger partial charge in [-0.2, -0.15) is 0 Å². The van der Waals surface area contributed by atoms with E-state index in [1.807, 2.05) is 0 Å². The number of aliphatic hydroxyl groups is 1. The first kappa shape index (κ1) is 13.4. The summed E-state index contributed by atoms with van der Waals surface area (Å²) in [5.74, 6) is -0.102. The summed E-state index contributed by atoms with van der Waals surface area (Å²) in [7, 11) is 3.16. The summed E-state index contributed by atoms with van der Waals surface area (Å²) < 4.78 is 10.1. The highest BCUT2D eigenvalue weighted by Gasteiger charge is 2.28. The minimum atomic E-state index is -0.423. The third kappa shape index (κ3) is 4.05. The van der Waals surface area contributed by atoms with Crippen molar-refractivity contribution in [1.82, 2.24) is 10.6 Å². The Balaban J connectivity index is 2.23. The molecule has 0 aromatic heterocycles. The lowest BCUT2D eigenvalue weighted by Gasteiger charge is -2.17. The summed E-state index contributed by atoms with van der Waals surface area (Å²) in [4.78, 5) is 11.6. The molecule has 1 saturated heterocycles. The quantitative estimate of drug-likeness (QED) is 0.518. The van der Waals surface area contributed by atoms with Gasteiger partial charge in [-0.1, -0.05) is 0 Å². The zero-order chi connectivity index (χ0) is 12.0. The first-order valence-electron chi connectivity index (χ1n) is 5.38. The molecule has 0 spiro atoms. The molecule has 1 amide bonds. The standard InChI is InChI=1S/C10H20N2O4/c1-15-6-8(16-2)5-12-10(14)9-3-7(13)4-11-9/h7-9,11,13H,3-6H2,1-2H3,(H,12,14). The number of hydrogen-bond acceptors (Lipinski definition) is 5. The number of β-amino-alcohol motifs (C(OH)–C–C–N with tert-alkyl or cyclic N) is 1. The van der Waals surface area contributed by atoms with Crippen LogP contribution in [0.15, 0.2) is 0 Å². The highest BCUT2D eigenvalue weighted by atomic mass is 16.5. The van der Waals surface area contributed by atoms with Crippen LogP contribution in [0.3, 0.4) is 0 Å². The molecule has 0 saturated carbocycles. The third-order valence-corrected chi connectivity index (χ3v) is 2.61. The molecular formula is C10H20N2O4. The van der Waals surface area contributed by atoms with Crippen molar-refractivity contribution < 1.29 is 19.4 Å². The number of aliphatic hydroxyl groups excluding tert-OH is 1. The normalized spacial score (nSPS) is 26.7. The maximum absolute atomic E-state index is 11.6. The van der Waals surface area contributed by atoms with E-state index in [1.54, 1.807) is 14.2 Å². The lowest BCUT2D eigenvalue weighted by atomic mass is 10.2. The monoisotopic (exact) mass is 232 g/mol. The molecule has 0 aliphatic carbocycles. The molecule has 6 heteroatoms. The van der Waals surface area contributed by atoms with Gasteiger partial charge >= 0.3 is 0 Å². The van der Waals surface area contributed by atoms with E-state index in [2.05, 4.69) is 10.6 Å². The minimum Gasteiger partial charge on any atom is -0.392 e. The average molecular weight is 232 g/mol. The van der Waals surface area contributed by atoms with E-state index in [-0.39, 0.29) is 18.1 Å². The first-order valence-corrected chi connectivity index (χ1v) is 5.38. The molecule has 3 N–H and O–H groups in total. The van der Waals surface area contributed by atoms with Crippen molar-refractivity contribution in [2.75, 3.05) is 33.9 Å². The predicted octanol–water partition coefficient (Wildman–Crippen LogP) is -1.51. The maximum Gasteiger partial charge on any atom is 0.237 e. The van der Waals surface area contributed by atoms with Gasteiger partial charge in [0, 0.05) is 27.3 Å². The van der Waals surface area contributed by atoms with E-state index in [4.69, 9.17) is 9.47 Å². The van der Waals surface area contributed by atoms with Crippen molar-refractivity contribution >= 4 is 5.91 Å². The number of carbonyl (C=O) groups excluding carboxylic acids is 1. The summed E-state index contributed by atoms with van der Waals surface area (Å²) >= 11 is 0. The summed E-state index contributed by atoms with van der Waals surface area (Å²) in [6.45, 7) is 1.33. The van der Waals surface area contributed by atoms with Gasteiger partial charge in [-0.05, 0) is 6.42 Å². The van der Waals surface area contributed by atoms with Crippen molar-refractivity contribution in [3.8, 4) is 0 Å². The molecule has 0 bridgehead atoms. The lowest BCUT2D eigenvalue weighted by Crippen LogP contribution is -2.44. The van der Waals surface area contributed by atoms with E-state index >= 15 is 0 Å². The molecule has 1 aliphatic rings. The number of rotatable bonds is 6. The van der Waals surface area contributed by atoms with Crippen molar-refractivity contribution in [3.05, 3.63) is 0 Å². The molecule has 3 unspecified atom stereocenters. The molecule has 1 fully saturated rings. The minimum absolute atomic E-state index is 0.102. The Hall–Kier alpha value is -0.690. The third-order valence-electron chi connectivity index (χ3n) is 2.61. The molecule has 3 atom stereocenters. The molecule has 1 aliphatic heterocycles. The lowest BCUT2D eigenvalue weighted by molar-refractivity contribution is -0.123. The van der Waals surface area contributed by atoms with Crippen LogP contribution in [-0.4, -0.2) is 63.2 Å². The Bertz CT molecular complexity index is 225. The summed E-state index contributed by atoms with van der Waals surface area (Å²) in [5, 5.41) is 15.0. The van der Waals surface area contributed by atoms with Crippen LogP contribution in [0.1, 0.15) is 6.42 Å². The van der Waals surface area contributed by atoms with E-state index in [9.17, 15) is 9.90 Å². The Labute approximate surface area is 95.3 Å².